The third-order valence-electron chi connectivity index (χ3n) is 3.16. The first-order valence-corrected chi connectivity index (χ1v) is 7.25. The van der Waals surface area contributed by atoms with Gasteiger partial charge in [-0.25, -0.2) is 0 Å². The zero-order valence-electron chi connectivity index (χ0n) is 10.1. The zero-order chi connectivity index (χ0) is 11.9. The number of halogens is 1. The van der Waals surface area contributed by atoms with Crippen LogP contribution in [0.1, 0.15) is 32.1 Å². The molecular weight excluding hydrogens is 278 g/mol. The Morgan fingerprint density at radius 2 is 2.06 bits per heavy atom. The summed E-state index contributed by atoms with van der Waals surface area (Å²) in [6.07, 6.45) is 7.06. The van der Waals surface area contributed by atoms with Crippen molar-refractivity contribution in [1.82, 2.24) is 0 Å². The van der Waals surface area contributed by atoms with E-state index in [1.807, 2.05) is 12.1 Å². The van der Waals surface area contributed by atoms with Gasteiger partial charge in [0.2, 0.25) is 0 Å². The maximum Gasteiger partial charge on any atom is 0.0642 e. The second kappa shape index (κ2) is 7.02. The predicted molar refractivity (Wildman–Crippen MR) is 75.5 cm³/mol. The highest BCUT2D eigenvalue weighted by Gasteiger charge is 2.12. The number of anilines is 1. The van der Waals surface area contributed by atoms with Crippen molar-refractivity contribution < 1.29 is 4.74 Å². The number of benzene rings is 1. The summed E-state index contributed by atoms with van der Waals surface area (Å²) in [5.41, 5.74) is 1.15. The van der Waals surface area contributed by atoms with E-state index in [1.165, 1.54) is 32.1 Å². The van der Waals surface area contributed by atoms with Crippen LogP contribution >= 0.6 is 15.9 Å². The first-order valence-electron chi connectivity index (χ1n) is 6.45. The van der Waals surface area contributed by atoms with Gasteiger partial charge in [-0.3, -0.25) is 0 Å². The molecule has 1 fully saturated rings. The average Bonchev–Trinajstić information content (AvgIpc) is 2.36. The largest absolute Gasteiger partial charge is 0.383 e. The van der Waals surface area contributed by atoms with E-state index in [0.717, 1.165) is 23.3 Å². The molecule has 1 saturated carbocycles. The number of nitrogens with one attached hydrogen (secondary N) is 1. The Morgan fingerprint density at radius 3 is 2.82 bits per heavy atom. The van der Waals surface area contributed by atoms with E-state index >= 15 is 0 Å². The molecule has 1 aromatic rings. The van der Waals surface area contributed by atoms with E-state index in [9.17, 15) is 0 Å². The highest BCUT2D eigenvalue weighted by Crippen LogP contribution is 2.20. The van der Waals surface area contributed by atoms with Crippen LogP contribution in [0.4, 0.5) is 5.69 Å². The minimum absolute atomic E-state index is 0.507. The first kappa shape index (κ1) is 12.9. The molecule has 17 heavy (non-hydrogen) atoms. The van der Waals surface area contributed by atoms with Crippen LogP contribution in [0.3, 0.4) is 0 Å². The van der Waals surface area contributed by atoms with Gasteiger partial charge >= 0.3 is 0 Å². The maximum atomic E-state index is 5.86. The van der Waals surface area contributed by atoms with Crippen LogP contribution in [0.5, 0.6) is 0 Å². The fraction of sp³-hybridized carbons (Fsp3) is 0.571. The van der Waals surface area contributed by atoms with E-state index in [4.69, 9.17) is 4.74 Å². The van der Waals surface area contributed by atoms with Crippen molar-refractivity contribution in [2.75, 3.05) is 18.5 Å². The molecule has 2 rings (SSSR count). The van der Waals surface area contributed by atoms with Crippen molar-refractivity contribution in [3.05, 3.63) is 28.7 Å². The van der Waals surface area contributed by atoms with Crippen LogP contribution in [-0.2, 0) is 4.74 Å². The van der Waals surface area contributed by atoms with Crippen molar-refractivity contribution in [2.45, 2.75) is 38.2 Å². The third kappa shape index (κ3) is 4.68. The lowest BCUT2D eigenvalue weighted by molar-refractivity contribution is 0.0347. The van der Waals surface area contributed by atoms with Gasteiger partial charge in [0.1, 0.15) is 0 Å². The molecule has 2 nitrogen and oxygen atoms in total. The minimum Gasteiger partial charge on any atom is -0.383 e. The van der Waals surface area contributed by atoms with Crippen LogP contribution < -0.4 is 5.32 Å². The lowest BCUT2D eigenvalue weighted by atomic mass is 9.98. The van der Waals surface area contributed by atoms with Gasteiger partial charge in [-0.15, -0.1) is 0 Å². The summed E-state index contributed by atoms with van der Waals surface area (Å²) in [5.74, 6) is 0. The summed E-state index contributed by atoms with van der Waals surface area (Å²) in [5, 5.41) is 3.37. The molecule has 3 heteroatoms. The predicted octanol–water partition coefficient (Wildman–Crippen LogP) is 4.21. The Labute approximate surface area is 112 Å². The summed E-state index contributed by atoms with van der Waals surface area (Å²) < 4.78 is 6.97. The molecule has 1 N–H and O–H groups in total. The second-order valence-corrected chi connectivity index (χ2v) is 5.48. The van der Waals surface area contributed by atoms with Crippen LogP contribution in [0.15, 0.2) is 28.7 Å². The van der Waals surface area contributed by atoms with Crippen LogP contribution in [0, 0.1) is 0 Å². The van der Waals surface area contributed by atoms with Gasteiger partial charge in [0.25, 0.3) is 0 Å². The van der Waals surface area contributed by atoms with Gasteiger partial charge in [-0.05, 0) is 31.0 Å². The van der Waals surface area contributed by atoms with Crippen molar-refractivity contribution in [3.63, 3.8) is 0 Å². The van der Waals surface area contributed by atoms with Crippen molar-refractivity contribution in [3.8, 4) is 0 Å². The molecule has 0 radical (unpaired) electrons. The Bertz CT molecular complexity index is 337. The molecule has 0 aliphatic heterocycles. The van der Waals surface area contributed by atoms with Crippen LogP contribution in [0.2, 0.25) is 0 Å². The van der Waals surface area contributed by atoms with Crippen LogP contribution in [0.25, 0.3) is 0 Å². The lowest BCUT2D eigenvalue weighted by Gasteiger charge is -2.22. The van der Waals surface area contributed by atoms with Gasteiger partial charge < -0.3 is 10.1 Å². The van der Waals surface area contributed by atoms with E-state index in [-0.39, 0.29) is 0 Å². The molecule has 1 aromatic carbocycles. The maximum absolute atomic E-state index is 5.86. The van der Waals surface area contributed by atoms with Gasteiger partial charge in [0, 0.05) is 16.7 Å². The highest BCUT2D eigenvalue weighted by atomic mass is 79.9. The summed E-state index contributed by atoms with van der Waals surface area (Å²) >= 11 is 3.46. The number of hydrogen-bond acceptors (Lipinski definition) is 2. The van der Waals surface area contributed by atoms with E-state index in [2.05, 4.69) is 33.4 Å². The smallest absolute Gasteiger partial charge is 0.0642 e. The Balaban J connectivity index is 1.62. The average molecular weight is 298 g/mol. The Hall–Kier alpha value is -0.540. The van der Waals surface area contributed by atoms with E-state index in [0.29, 0.717) is 6.10 Å². The second-order valence-electron chi connectivity index (χ2n) is 4.57. The normalized spacial score (nSPS) is 17.0. The molecule has 0 aromatic heterocycles. The van der Waals surface area contributed by atoms with E-state index in [1.54, 1.807) is 0 Å². The number of hydrogen-bond donors (Lipinski definition) is 1. The summed E-state index contributed by atoms with van der Waals surface area (Å²) in [6.45, 7) is 1.68. The zero-order valence-corrected chi connectivity index (χ0v) is 11.7. The summed E-state index contributed by atoms with van der Waals surface area (Å²) in [6, 6.07) is 8.23. The van der Waals surface area contributed by atoms with Gasteiger partial charge in [-0.1, -0.05) is 41.3 Å². The molecule has 0 spiro atoms. The fourth-order valence-corrected chi connectivity index (χ4v) is 2.65. The molecule has 0 heterocycles. The molecular formula is C14H20BrNO. The minimum atomic E-state index is 0.507. The van der Waals surface area contributed by atoms with E-state index < -0.39 is 0 Å². The quantitative estimate of drug-likeness (QED) is 0.822. The van der Waals surface area contributed by atoms with Crippen molar-refractivity contribution in [2.24, 2.45) is 0 Å². The SMILES string of the molecule is Brc1cccc(NCCOC2CCCCC2)c1. The van der Waals surface area contributed by atoms with Crippen molar-refractivity contribution in [1.29, 1.82) is 0 Å². The molecule has 1 aliphatic rings. The molecule has 0 unspecified atom stereocenters. The van der Waals surface area contributed by atoms with Gasteiger partial charge in [0.15, 0.2) is 0 Å². The summed E-state index contributed by atoms with van der Waals surface area (Å²) in [7, 11) is 0. The Morgan fingerprint density at radius 1 is 1.24 bits per heavy atom. The third-order valence-corrected chi connectivity index (χ3v) is 3.65. The standard InChI is InChI=1S/C14H20BrNO/c15-12-5-4-6-13(11-12)16-9-10-17-14-7-2-1-3-8-14/h4-6,11,14,16H,1-3,7-10H2. The monoisotopic (exact) mass is 297 g/mol. The fourth-order valence-electron chi connectivity index (χ4n) is 2.25. The van der Waals surface area contributed by atoms with Gasteiger partial charge in [-0.2, -0.15) is 0 Å². The summed E-state index contributed by atoms with van der Waals surface area (Å²) in [4.78, 5) is 0. The number of rotatable bonds is 5. The molecule has 0 atom stereocenters. The lowest BCUT2D eigenvalue weighted by Crippen LogP contribution is -2.20. The molecule has 0 saturated heterocycles. The molecule has 1 aliphatic carbocycles. The Kier molecular flexibility index (Phi) is 5.33. The van der Waals surface area contributed by atoms with Crippen molar-refractivity contribution >= 4 is 21.6 Å². The number of ether oxygens (including phenoxy) is 1. The highest BCUT2D eigenvalue weighted by molar-refractivity contribution is 9.10. The molecule has 0 bridgehead atoms. The van der Waals surface area contributed by atoms with Gasteiger partial charge in [0.05, 0.1) is 12.7 Å². The molecule has 0 amide bonds. The van der Waals surface area contributed by atoms with Crippen LogP contribution in [-0.4, -0.2) is 19.3 Å². The first-order chi connectivity index (χ1) is 8.34. The molecule has 94 valence electrons. The topological polar surface area (TPSA) is 21.3 Å².